The zero-order valence-corrected chi connectivity index (χ0v) is 28.0. The predicted molar refractivity (Wildman–Crippen MR) is 185 cm³/mol. The summed E-state index contributed by atoms with van der Waals surface area (Å²) in [4.78, 5) is 28.3. The minimum absolute atomic E-state index is 0.0000699. The van der Waals surface area contributed by atoms with Gasteiger partial charge in [0.05, 0.1) is 0 Å². The van der Waals surface area contributed by atoms with E-state index in [1.165, 1.54) is 16.0 Å². The van der Waals surface area contributed by atoms with E-state index in [0.29, 0.717) is 12.1 Å². The first-order valence-electron chi connectivity index (χ1n) is 12.8. The van der Waals surface area contributed by atoms with Crippen molar-refractivity contribution in [3.63, 3.8) is 0 Å². The summed E-state index contributed by atoms with van der Waals surface area (Å²) in [5, 5.41) is 0. The average molecular weight is 847 g/mol. The molecular formula is C30H32I3N3O2. The van der Waals surface area contributed by atoms with Crippen LogP contribution in [0.5, 0.6) is 0 Å². The van der Waals surface area contributed by atoms with Gasteiger partial charge in [-0.15, -0.1) is 0 Å². The molecule has 8 heteroatoms. The number of hydrogen-bond donors (Lipinski definition) is 0. The van der Waals surface area contributed by atoms with Gasteiger partial charge in [-0.2, -0.15) is 0 Å². The Labute approximate surface area is 254 Å². The molecule has 3 aromatic carbocycles. The second-order valence-corrected chi connectivity index (χ2v) is 21.3. The van der Waals surface area contributed by atoms with Crippen molar-refractivity contribution in [3.05, 3.63) is 93.5 Å². The van der Waals surface area contributed by atoms with E-state index in [9.17, 15) is 9.59 Å². The average Bonchev–Trinajstić information content (AvgIpc) is 3.19. The zero-order valence-electron chi connectivity index (χ0n) is 21.5. The van der Waals surface area contributed by atoms with Crippen LogP contribution in [0.1, 0.15) is 30.1 Å². The summed E-state index contributed by atoms with van der Waals surface area (Å²) in [7, 11) is 0. The molecule has 1 fully saturated rings. The molecule has 0 N–H and O–H groups in total. The summed E-state index contributed by atoms with van der Waals surface area (Å²) in [5.41, 5.74) is 3.06. The minimum atomic E-state index is -2.11. The molecule has 1 aromatic heterocycles. The monoisotopic (exact) mass is 847 g/mol. The Kier molecular flexibility index (Phi) is 8.90. The molecule has 0 atom stereocenters. The van der Waals surface area contributed by atoms with E-state index in [1.807, 2.05) is 47.0 Å². The molecule has 0 unspecified atom stereocenters. The van der Waals surface area contributed by atoms with Crippen LogP contribution in [0.25, 0.3) is 16.7 Å². The number of carbonyl (C=O) groups excluding carboxylic acids is 1. The number of aromatic nitrogens is 2. The molecule has 1 saturated heterocycles. The quantitative estimate of drug-likeness (QED) is 0.0866. The molecule has 0 amide bonds. The summed E-state index contributed by atoms with van der Waals surface area (Å²) in [6.07, 6.45) is 1.98. The maximum atomic E-state index is 13.6. The van der Waals surface area contributed by atoms with Crippen molar-refractivity contribution in [2.24, 2.45) is 0 Å². The predicted octanol–water partition coefficient (Wildman–Crippen LogP) is 6.64. The fourth-order valence-corrected chi connectivity index (χ4v) is 12.6. The number of alkyl halides is 2. The van der Waals surface area contributed by atoms with Gasteiger partial charge in [0.2, 0.25) is 0 Å². The summed E-state index contributed by atoms with van der Waals surface area (Å²) < 4.78 is 14.8. The Balaban J connectivity index is 1.26. The number of unbranched alkanes of at least 4 members (excludes halogenated alkanes) is 1. The van der Waals surface area contributed by atoms with Crippen LogP contribution in [0.15, 0.2) is 71.5 Å². The van der Waals surface area contributed by atoms with Crippen molar-refractivity contribution in [1.82, 2.24) is 14.0 Å². The van der Waals surface area contributed by atoms with Gasteiger partial charge in [-0.3, -0.25) is 4.79 Å². The van der Waals surface area contributed by atoms with Crippen LogP contribution < -0.4 is 5.69 Å². The molecule has 5 nitrogen and oxygen atoms in total. The molecule has 2 heterocycles. The molecule has 0 aliphatic carbocycles. The summed E-state index contributed by atoms with van der Waals surface area (Å²) >= 11 is 2.52. The van der Waals surface area contributed by atoms with Gasteiger partial charge < -0.3 is 0 Å². The molecule has 4 aromatic rings. The molecular weight excluding hydrogens is 815 g/mol. The number of benzene rings is 3. The van der Waals surface area contributed by atoms with E-state index in [0.717, 1.165) is 52.8 Å². The molecule has 0 spiro atoms. The third kappa shape index (κ3) is 6.02. The van der Waals surface area contributed by atoms with E-state index >= 15 is 0 Å². The van der Waals surface area contributed by atoms with Crippen LogP contribution in [-0.4, -0.2) is 52.8 Å². The summed E-state index contributed by atoms with van der Waals surface area (Å²) in [6.45, 7) is 5.55. The van der Waals surface area contributed by atoms with Crippen molar-refractivity contribution in [3.8, 4) is 5.69 Å². The van der Waals surface area contributed by atoms with E-state index in [-0.39, 0.29) is 11.5 Å². The number of rotatable bonds is 8. The van der Waals surface area contributed by atoms with Gasteiger partial charge >= 0.3 is 201 Å². The molecule has 5 rings (SSSR count). The topological polar surface area (TPSA) is 47.2 Å². The van der Waals surface area contributed by atoms with Crippen molar-refractivity contribution < 1.29 is 4.79 Å². The van der Waals surface area contributed by atoms with Crippen LogP contribution >= 0.6 is 63.1 Å². The van der Waals surface area contributed by atoms with E-state index < -0.39 is 18.0 Å². The van der Waals surface area contributed by atoms with Crippen LogP contribution in [0, 0.1) is 10.7 Å². The SMILES string of the molecule is C=I1(c2ccc(I)cc2)CCN(CCCCn2c(=O)n(-c3ccc(I)cc3)c3cc(C(C)=O)ccc32)CC1. The van der Waals surface area contributed by atoms with Gasteiger partial charge in [0.1, 0.15) is 0 Å². The van der Waals surface area contributed by atoms with E-state index in [1.54, 1.807) is 11.5 Å². The van der Waals surface area contributed by atoms with Crippen molar-refractivity contribution in [2.45, 2.75) is 26.3 Å². The molecule has 1 aliphatic heterocycles. The van der Waals surface area contributed by atoms with E-state index in [2.05, 4.69) is 74.3 Å². The van der Waals surface area contributed by atoms with Gasteiger partial charge in [-0.25, -0.2) is 0 Å². The molecule has 0 saturated carbocycles. The number of halogens is 3. The van der Waals surface area contributed by atoms with Crippen LogP contribution in [0.3, 0.4) is 0 Å². The number of aryl methyl sites for hydroxylation is 1. The van der Waals surface area contributed by atoms with E-state index in [4.69, 9.17) is 4.51 Å². The van der Waals surface area contributed by atoms with Crippen molar-refractivity contribution in [1.29, 1.82) is 0 Å². The number of ketones is 1. The second-order valence-electron chi connectivity index (χ2n) is 9.84. The van der Waals surface area contributed by atoms with Crippen LogP contribution in [0.4, 0.5) is 0 Å². The number of Topliss-reactive ketones (excluding diaryl/α,β-unsaturated/α-hetero) is 1. The fourth-order valence-electron chi connectivity index (χ4n) is 5.05. The number of imidazole rings is 1. The third-order valence-electron chi connectivity index (χ3n) is 7.32. The number of hydrogen-bond acceptors (Lipinski definition) is 3. The second kappa shape index (κ2) is 12.0. The third-order valence-corrected chi connectivity index (χ3v) is 17.2. The first-order valence-corrected chi connectivity index (χ1v) is 20.6. The van der Waals surface area contributed by atoms with Gasteiger partial charge in [-0.1, -0.05) is 0 Å². The summed E-state index contributed by atoms with van der Waals surface area (Å²) in [5.74, 6) is 0.0000699. The Bertz CT molecular complexity index is 1560. The Morgan fingerprint density at radius 1 is 0.868 bits per heavy atom. The molecule has 38 heavy (non-hydrogen) atoms. The van der Waals surface area contributed by atoms with Gasteiger partial charge in [0, 0.05) is 3.57 Å². The first kappa shape index (κ1) is 28.2. The normalized spacial score (nSPS) is 16.5. The molecule has 0 bridgehead atoms. The van der Waals surface area contributed by atoms with Gasteiger partial charge in [-0.05, 0) is 41.6 Å². The van der Waals surface area contributed by atoms with Crippen molar-refractivity contribution in [2.75, 3.05) is 28.5 Å². The Morgan fingerprint density at radius 3 is 2.11 bits per heavy atom. The standard InChI is InChI=1S/C30H32I3N3O2/c1-22(37)23-5-14-28-29(21-23)36(27-12-8-25(32)9-13-27)30(38)35(28)18-4-3-17-34-19-15-33(2,16-20-34)26-10-6-24(31)7-11-26/h5-14,21H,2-4,15-20H2,1H3. The first-order chi connectivity index (χ1) is 18.2. The number of carbonyl (C=O) groups is 1. The van der Waals surface area contributed by atoms with Gasteiger partial charge in [0.25, 0.3) is 0 Å². The molecule has 0 radical (unpaired) electrons. The number of nitrogens with zero attached hydrogens (tertiary/aromatic N) is 3. The molecule has 200 valence electrons. The summed E-state index contributed by atoms with van der Waals surface area (Å²) in [6, 6.07) is 22.6. The molecule has 1 aliphatic rings. The number of fused-ring (bicyclic) bond motifs is 1. The Hall–Kier alpha value is -1.38. The van der Waals surface area contributed by atoms with Crippen molar-refractivity contribution >= 4 is 84.5 Å². The zero-order chi connectivity index (χ0) is 26.9. The fraction of sp³-hybridized carbons (Fsp3) is 0.300. The van der Waals surface area contributed by atoms with Crippen LogP contribution in [0.2, 0.25) is 0 Å². The maximum absolute atomic E-state index is 13.6. The van der Waals surface area contributed by atoms with Crippen LogP contribution in [-0.2, 0) is 6.54 Å². The van der Waals surface area contributed by atoms with Gasteiger partial charge in [0.15, 0.2) is 5.78 Å². The Morgan fingerprint density at radius 2 is 1.47 bits per heavy atom.